The molecule has 0 radical (unpaired) electrons. The van der Waals surface area contributed by atoms with Gasteiger partial charge in [0.15, 0.2) is 0 Å². The van der Waals surface area contributed by atoms with Crippen molar-refractivity contribution in [3.05, 3.63) is 24.3 Å². The highest BCUT2D eigenvalue weighted by Crippen LogP contribution is 2.14. The van der Waals surface area contributed by atoms with Crippen LogP contribution in [0, 0.1) is 0 Å². The first kappa shape index (κ1) is 30.9. The largest absolute Gasteiger partial charge is 0.481 e. The Morgan fingerprint density at radius 2 is 0.781 bits per heavy atom. The molecule has 0 saturated heterocycles. The summed E-state index contributed by atoms with van der Waals surface area (Å²) in [4.78, 5) is 10.4. The Morgan fingerprint density at radius 3 is 1.16 bits per heavy atom. The second kappa shape index (κ2) is 28.0. The van der Waals surface area contributed by atoms with E-state index in [0.29, 0.717) is 0 Å². The number of hydrogen-bond donors (Lipinski definition) is 1. The minimum Gasteiger partial charge on any atom is -0.481 e. The molecule has 0 aromatic carbocycles. The minimum atomic E-state index is -0.694. The maximum Gasteiger partial charge on any atom is 0.303 e. The van der Waals surface area contributed by atoms with E-state index >= 15 is 0 Å². The van der Waals surface area contributed by atoms with E-state index < -0.39 is 5.97 Å². The third kappa shape index (κ3) is 28.9. The molecule has 0 aliphatic rings. The SMILES string of the molecule is CCCCCCCCCCCCCCCCCCCC/C=C\CC/C=C\CCCC(=O)O. The summed E-state index contributed by atoms with van der Waals surface area (Å²) in [5.74, 6) is -0.694. The van der Waals surface area contributed by atoms with Crippen molar-refractivity contribution in [2.75, 3.05) is 0 Å². The molecular weight excluding hydrogens is 392 g/mol. The Morgan fingerprint density at radius 1 is 0.469 bits per heavy atom. The molecule has 2 heteroatoms. The molecule has 0 rings (SSSR count). The molecule has 32 heavy (non-hydrogen) atoms. The summed E-state index contributed by atoms with van der Waals surface area (Å²) in [6.45, 7) is 2.29. The van der Waals surface area contributed by atoms with Gasteiger partial charge in [-0.3, -0.25) is 4.79 Å². The molecule has 0 amide bonds. The van der Waals surface area contributed by atoms with Crippen molar-refractivity contribution in [1.82, 2.24) is 0 Å². The third-order valence-electron chi connectivity index (χ3n) is 6.32. The number of unbranched alkanes of at least 4 members (excludes halogenated alkanes) is 20. The van der Waals surface area contributed by atoms with Crippen molar-refractivity contribution in [3.63, 3.8) is 0 Å². The van der Waals surface area contributed by atoms with Crippen LogP contribution in [0.4, 0.5) is 0 Å². The van der Waals surface area contributed by atoms with Crippen LogP contribution in [0.25, 0.3) is 0 Å². The van der Waals surface area contributed by atoms with E-state index in [4.69, 9.17) is 5.11 Å². The molecule has 188 valence electrons. The van der Waals surface area contributed by atoms with Crippen LogP contribution in [0.3, 0.4) is 0 Å². The van der Waals surface area contributed by atoms with E-state index in [9.17, 15) is 4.79 Å². The van der Waals surface area contributed by atoms with Crippen molar-refractivity contribution < 1.29 is 9.90 Å². The molecule has 0 aromatic heterocycles. The van der Waals surface area contributed by atoms with Crippen molar-refractivity contribution in [2.45, 2.75) is 161 Å². The molecule has 0 aromatic rings. The lowest BCUT2D eigenvalue weighted by atomic mass is 10.0. The molecule has 0 atom stereocenters. The van der Waals surface area contributed by atoms with E-state index in [1.165, 1.54) is 122 Å². The highest BCUT2D eigenvalue weighted by molar-refractivity contribution is 5.66. The quantitative estimate of drug-likeness (QED) is 0.105. The lowest BCUT2D eigenvalue weighted by Crippen LogP contribution is -1.92. The molecule has 2 nitrogen and oxygen atoms in total. The van der Waals surface area contributed by atoms with Crippen LogP contribution in [0.2, 0.25) is 0 Å². The highest BCUT2D eigenvalue weighted by atomic mass is 16.4. The van der Waals surface area contributed by atoms with Gasteiger partial charge in [-0.25, -0.2) is 0 Å². The van der Waals surface area contributed by atoms with E-state index in [-0.39, 0.29) is 6.42 Å². The van der Waals surface area contributed by atoms with Crippen LogP contribution in [0.15, 0.2) is 24.3 Å². The summed E-state index contributed by atoms with van der Waals surface area (Å²) in [5.41, 5.74) is 0. The second-order valence-corrected chi connectivity index (χ2v) is 9.61. The normalized spacial score (nSPS) is 11.8. The zero-order valence-corrected chi connectivity index (χ0v) is 21.6. The molecule has 0 heterocycles. The van der Waals surface area contributed by atoms with Gasteiger partial charge in [0.05, 0.1) is 0 Å². The number of carboxylic acids is 1. The van der Waals surface area contributed by atoms with E-state index in [0.717, 1.165) is 25.7 Å². The van der Waals surface area contributed by atoms with Gasteiger partial charge in [0.25, 0.3) is 0 Å². The van der Waals surface area contributed by atoms with Gasteiger partial charge in [-0.2, -0.15) is 0 Å². The summed E-state index contributed by atoms with van der Waals surface area (Å²) in [7, 11) is 0. The molecule has 0 bridgehead atoms. The lowest BCUT2D eigenvalue weighted by molar-refractivity contribution is -0.137. The van der Waals surface area contributed by atoms with Crippen LogP contribution in [0.1, 0.15) is 161 Å². The number of allylic oxidation sites excluding steroid dienone is 4. The monoisotopic (exact) mass is 448 g/mol. The maximum atomic E-state index is 10.4. The summed E-state index contributed by atoms with van der Waals surface area (Å²) >= 11 is 0. The van der Waals surface area contributed by atoms with Crippen molar-refractivity contribution in [2.24, 2.45) is 0 Å². The average molecular weight is 449 g/mol. The zero-order valence-electron chi connectivity index (χ0n) is 21.6. The van der Waals surface area contributed by atoms with Crippen LogP contribution in [-0.4, -0.2) is 11.1 Å². The predicted molar refractivity (Wildman–Crippen MR) is 142 cm³/mol. The molecule has 1 N–H and O–H groups in total. The van der Waals surface area contributed by atoms with Crippen LogP contribution < -0.4 is 0 Å². The lowest BCUT2D eigenvalue weighted by Gasteiger charge is -2.03. The minimum absolute atomic E-state index is 0.281. The van der Waals surface area contributed by atoms with Gasteiger partial charge in [-0.15, -0.1) is 0 Å². The highest BCUT2D eigenvalue weighted by Gasteiger charge is 1.95. The number of rotatable bonds is 26. The van der Waals surface area contributed by atoms with Crippen LogP contribution in [0.5, 0.6) is 0 Å². The van der Waals surface area contributed by atoms with Gasteiger partial charge in [0, 0.05) is 6.42 Å². The Labute approximate surface area is 201 Å². The fourth-order valence-electron chi connectivity index (χ4n) is 4.20. The van der Waals surface area contributed by atoms with Gasteiger partial charge in [-0.05, 0) is 38.5 Å². The molecule has 0 aliphatic carbocycles. The summed E-state index contributed by atoms with van der Waals surface area (Å²) < 4.78 is 0. The Hall–Kier alpha value is -1.05. The van der Waals surface area contributed by atoms with E-state index in [1.807, 2.05) is 0 Å². The fourth-order valence-corrected chi connectivity index (χ4v) is 4.20. The number of hydrogen-bond acceptors (Lipinski definition) is 1. The van der Waals surface area contributed by atoms with Crippen LogP contribution in [-0.2, 0) is 4.79 Å². The first-order valence-corrected chi connectivity index (χ1v) is 14.3. The third-order valence-corrected chi connectivity index (χ3v) is 6.32. The number of carboxylic acid groups (broad SMARTS) is 1. The Balaban J connectivity index is 3.12. The number of carbonyl (C=O) groups is 1. The summed E-state index contributed by atoms with van der Waals surface area (Å²) in [6.07, 6.45) is 40.1. The first-order chi connectivity index (χ1) is 15.8. The van der Waals surface area contributed by atoms with E-state index in [2.05, 4.69) is 31.2 Å². The maximum absolute atomic E-state index is 10.4. The molecule has 0 fully saturated rings. The number of aliphatic carboxylic acids is 1. The van der Waals surface area contributed by atoms with Gasteiger partial charge in [-0.1, -0.05) is 140 Å². The topological polar surface area (TPSA) is 37.3 Å². The average Bonchev–Trinajstić information content (AvgIpc) is 2.78. The van der Waals surface area contributed by atoms with Gasteiger partial charge < -0.3 is 5.11 Å². The molecule has 0 saturated carbocycles. The predicted octanol–water partition coefficient (Wildman–Crippen LogP) is 10.6. The van der Waals surface area contributed by atoms with Crippen LogP contribution >= 0.6 is 0 Å². The van der Waals surface area contributed by atoms with E-state index in [1.54, 1.807) is 0 Å². The standard InChI is InChI=1S/C30H56O2/c1-2-3-4-5-6-7-8-9-10-11-12-13-14-15-16-17-18-19-20-21-22-23-24-25-26-27-28-29-30(31)32/h21-22,25-26H,2-20,23-24,27-29H2,1H3,(H,31,32)/b22-21-,26-25-. The second-order valence-electron chi connectivity index (χ2n) is 9.61. The summed E-state index contributed by atoms with van der Waals surface area (Å²) in [5, 5.41) is 8.57. The molecule has 0 spiro atoms. The van der Waals surface area contributed by atoms with Crippen molar-refractivity contribution in [1.29, 1.82) is 0 Å². The fraction of sp³-hybridized carbons (Fsp3) is 0.833. The zero-order chi connectivity index (χ0) is 23.4. The van der Waals surface area contributed by atoms with Gasteiger partial charge in [0.2, 0.25) is 0 Å². The van der Waals surface area contributed by atoms with Gasteiger partial charge in [0.1, 0.15) is 0 Å². The Kier molecular flexibility index (Phi) is 27.1. The smallest absolute Gasteiger partial charge is 0.303 e. The van der Waals surface area contributed by atoms with Gasteiger partial charge >= 0.3 is 5.97 Å². The first-order valence-electron chi connectivity index (χ1n) is 14.3. The molecule has 0 unspecified atom stereocenters. The van der Waals surface area contributed by atoms with Crippen molar-refractivity contribution in [3.8, 4) is 0 Å². The summed E-state index contributed by atoms with van der Waals surface area (Å²) in [6, 6.07) is 0. The molecule has 0 aliphatic heterocycles. The van der Waals surface area contributed by atoms with Crippen molar-refractivity contribution >= 4 is 5.97 Å². The Bertz CT molecular complexity index is 425. The molecular formula is C30H56O2.